The van der Waals surface area contributed by atoms with Gasteiger partial charge in [0.1, 0.15) is 0 Å². The first-order valence-electron chi connectivity index (χ1n) is 4.32. The van der Waals surface area contributed by atoms with Crippen molar-refractivity contribution < 1.29 is 14.7 Å². The van der Waals surface area contributed by atoms with Crippen LogP contribution in [0.5, 0.6) is 0 Å². The number of alkyl halides is 2. The number of fused-ring (bicyclic) bond motifs is 1. The zero-order valence-electron chi connectivity index (χ0n) is 7.34. The number of nitrogens with zero attached hydrogens (tertiary/aromatic N) is 1. The molecule has 2 nitrogen and oxygen atoms in total. The summed E-state index contributed by atoms with van der Waals surface area (Å²) in [6.07, 6.45) is 2.78. The molecule has 12 heavy (non-hydrogen) atoms. The average molecular weight is 394 g/mol. The molecule has 0 heterocycles. The summed E-state index contributed by atoms with van der Waals surface area (Å²) in [6, 6.07) is 0. The summed E-state index contributed by atoms with van der Waals surface area (Å²) in [5.74, 6) is 2.67. The summed E-state index contributed by atoms with van der Waals surface area (Å²) in [6.45, 7) is 2.32. The van der Waals surface area contributed by atoms with Crippen molar-refractivity contribution >= 4 is 18.6 Å². The third kappa shape index (κ3) is 1.16. The van der Waals surface area contributed by atoms with Gasteiger partial charge in [-0.2, -0.15) is 0 Å². The molecule has 0 bridgehead atoms. The van der Waals surface area contributed by atoms with Crippen LogP contribution in [0.2, 0.25) is 0 Å². The molecule has 2 fully saturated rings. The quantitative estimate of drug-likeness (QED) is 0.364. The molecule has 2 aliphatic rings. The molecule has 2 aliphatic carbocycles. The normalized spacial score (nSPS) is 52.2. The first-order valence-corrected chi connectivity index (χ1v) is 15.0. The van der Waals surface area contributed by atoms with E-state index in [4.69, 9.17) is 0 Å². The van der Waals surface area contributed by atoms with E-state index < -0.39 is 14.7 Å². The fraction of sp³-hybridized carbons (Fsp3) is 1.00. The minimum atomic E-state index is -2.19. The van der Waals surface area contributed by atoms with E-state index in [1.54, 1.807) is 0 Å². The molecule has 0 aromatic carbocycles. The summed E-state index contributed by atoms with van der Waals surface area (Å²) < 4.78 is 4.16. The minimum absolute atomic E-state index is 0.730. The van der Waals surface area contributed by atoms with Crippen molar-refractivity contribution in [2.45, 2.75) is 23.7 Å². The van der Waals surface area contributed by atoms with E-state index in [-0.39, 0.29) is 0 Å². The molecule has 2 saturated carbocycles. The Bertz CT molecular complexity index is 213. The second-order valence-corrected chi connectivity index (χ2v) is 21.4. The molecular weight excluding hydrogens is 380 g/mol. The number of hydrogen-bond acceptors (Lipinski definition) is 2. The van der Waals surface area contributed by atoms with Gasteiger partial charge < -0.3 is 0 Å². The van der Waals surface area contributed by atoms with Crippen LogP contribution in [0.4, 0.5) is 0 Å². The molecular formula is C8H14I2NO-. The molecule has 0 amide bonds. The van der Waals surface area contributed by atoms with Gasteiger partial charge in [0.25, 0.3) is 0 Å². The van der Waals surface area contributed by atoms with Crippen molar-refractivity contribution in [2.24, 2.45) is 21.1 Å². The first kappa shape index (κ1) is 9.61. The van der Waals surface area contributed by atoms with Gasteiger partial charge in [0.2, 0.25) is 0 Å². The SMILES string of the molecule is C[C@@H]1[C@H]2CC[C@H]2[C@H]1[I-](C)(I)N=O. The number of halogens is 2. The second-order valence-electron chi connectivity index (χ2n) is 4.05. The van der Waals surface area contributed by atoms with Gasteiger partial charge in [0, 0.05) is 0 Å². The second kappa shape index (κ2) is 3.03. The Labute approximate surface area is 87.3 Å². The van der Waals surface area contributed by atoms with E-state index in [0.717, 1.165) is 21.7 Å². The third-order valence-electron chi connectivity index (χ3n) is 3.56. The zero-order chi connectivity index (χ0) is 8.93. The van der Waals surface area contributed by atoms with Crippen LogP contribution in [0, 0.1) is 22.7 Å². The van der Waals surface area contributed by atoms with E-state index in [0.29, 0.717) is 0 Å². The van der Waals surface area contributed by atoms with Gasteiger partial charge in [-0.05, 0) is 0 Å². The summed E-state index contributed by atoms with van der Waals surface area (Å²) >= 11 is 0.200. The molecule has 0 aromatic rings. The molecule has 5 atom stereocenters. The van der Waals surface area contributed by atoms with Gasteiger partial charge >= 0.3 is 88.0 Å². The molecule has 72 valence electrons. The van der Waals surface area contributed by atoms with Crippen LogP contribution in [0.25, 0.3) is 0 Å². The summed E-state index contributed by atoms with van der Waals surface area (Å²) in [5, 5.41) is 0. The van der Waals surface area contributed by atoms with Gasteiger partial charge in [-0.25, -0.2) is 0 Å². The van der Waals surface area contributed by atoms with E-state index in [1.807, 2.05) is 0 Å². The van der Waals surface area contributed by atoms with Crippen molar-refractivity contribution in [3.05, 3.63) is 4.91 Å². The molecule has 1 unspecified atom stereocenters. The van der Waals surface area contributed by atoms with E-state index in [2.05, 4.69) is 33.9 Å². The van der Waals surface area contributed by atoms with Crippen molar-refractivity contribution in [2.75, 3.05) is 4.93 Å². The van der Waals surface area contributed by atoms with Gasteiger partial charge in [-0.1, -0.05) is 0 Å². The fourth-order valence-electron chi connectivity index (χ4n) is 2.78. The summed E-state index contributed by atoms with van der Waals surface area (Å²) in [7, 11) is 0. The Hall–Kier alpha value is 1.06. The van der Waals surface area contributed by atoms with Crippen LogP contribution < -0.4 is 14.7 Å². The molecule has 2 rings (SSSR count). The van der Waals surface area contributed by atoms with Crippen LogP contribution in [0.1, 0.15) is 19.8 Å². The van der Waals surface area contributed by atoms with Crippen molar-refractivity contribution in [1.29, 1.82) is 0 Å². The number of rotatable bonds is 2. The Balaban J connectivity index is 2.10. The topological polar surface area (TPSA) is 29.4 Å². The molecule has 0 aromatic heterocycles. The number of hydrogen-bond donors (Lipinski definition) is 0. The molecule has 0 spiro atoms. The maximum atomic E-state index is 10.7. The predicted molar refractivity (Wildman–Crippen MR) is 54.9 cm³/mol. The Morgan fingerprint density at radius 3 is 2.33 bits per heavy atom. The zero-order valence-corrected chi connectivity index (χ0v) is 11.7. The Morgan fingerprint density at radius 1 is 1.42 bits per heavy atom. The standard InChI is InChI=1S/C8H14I2NO/c1-5-6-3-4-7(6)8(5)10(2,9)11-12/h5-8H,3-4H2,1-2H3/q-1/t5-,6-,7-,8+/m1/s1. The Morgan fingerprint density at radius 2 is 2.00 bits per heavy atom. The summed E-state index contributed by atoms with van der Waals surface area (Å²) in [4.78, 5) is 12.9. The van der Waals surface area contributed by atoms with E-state index in [9.17, 15) is 4.91 Å². The molecule has 0 saturated heterocycles. The van der Waals surface area contributed by atoms with Gasteiger partial charge in [0.05, 0.1) is 0 Å². The molecule has 0 radical (unpaired) electrons. The molecule has 0 N–H and O–H groups in total. The molecule has 0 aliphatic heterocycles. The average Bonchev–Trinajstić information content (AvgIpc) is 1.97. The van der Waals surface area contributed by atoms with Crippen LogP contribution in [-0.2, 0) is 0 Å². The molecule has 4 heteroatoms. The fourth-order valence-corrected chi connectivity index (χ4v) is 13.4. The van der Waals surface area contributed by atoms with Gasteiger partial charge in [-0.3, -0.25) is 0 Å². The summed E-state index contributed by atoms with van der Waals surface area (Å²) in [5.41, 5.74) is 0. The monoisotopic (exact) mass is 394 g/mol. The van der Waals surface area contributed by atoms with Crippen LogP contribution >= 0.6 is 18.6 Å². The van der Waals surface area contributed by atoms with Crippen LogP contribution in [-0.4, -0.2) is 8.86 Å². The van der Waals surface area contributed by atoms with Crippen molar-refractivity contribution in [3.63, 3.8) is 0 Å². The first-order chi connectivity index (χ1) is 5.58. The van der Waals surface area contributed by atoms with Crippen molar-refractivity contribution in [3.8, 4) is 0 Å². The van der Waals surface area contributed by atoms with E-state index in [1.165, 1.54) is 12.8 Å². The van der Waals surface area contributed by atoms with Crippen LogP contribution in [0.3, 0.4) is 0 Å². The van der Waals surface area contributed by atoms with Crippen molar-refractivity contribution in [1.82, 2.24) is 0 Å². The third-order valence-corrected chi connectivity index (χ3v) is 13.7. The van der Waals surface area contributed by atoms with E-state index >= 15 is 0 Å². The van der Waals surface area contributed by atoms with Crippen LogP contribution in [0.15, 0.2) is 3.39 Å². The maximum absolute atomic E-state index is 10.7. The number of nitroso groups, excluding NO2 is 1. The van der Waals surface area contributed by atoms with Gasteiger partial charge in [0.15, 0.2) is 0 Å². The predicted octanol–water partition coefficient (Wildman–Crippen LogP) is -0.148. The van der Waals surface area contributed by atoms with Gasteiger partial charge in [-0.15, -0.1) is 0 Å². The Kier molecular flexibility index (Phi) is 2.43.